The van der Waals surface area contributed by atoms with Gasteiger partial charge in [-0.05, 0) is 62.7 Å². The average molecular weight is 485 g/mol. The van der Waals surface area contributed by atoms with Crippen molar-refractivity contribution in [2.75, 3.05) is 37.1 Å². The van der Waals surface area contributed by atoms with Gasteiger partial charge in [-0.25, -0.2) is 4.98 Å². The molecule has 4 N–H and O–H groups in total. The minimum absolute atomic E-state index is 0.0905. The molecule has 2 heterocycles. The first kappa shape index (κ1) is 23.2. The van der Waals surface area contributed by atoms with E-state index in [4.69, 9.17) is 11.6 Å². The number of rotatable bonds is 7. The number of anilines is 4. The minimum Gasteiger partial charge on any atom is -0.348 e. The lowest BCUT2D eigenvalue weighted by atomic mass is 10.1. The number of nitrogens with zero attached hydrogens (tertiary/aromatic N) is 2. The number of para-hydroxylation sites is 1. The summed E-state index contributed by atoms with van der Waals surface area (Å²) in [6, 6.07) is 14.7. The Labute approximate surface area is 197 Å². The number of benzene rings is 2. The molecule has 0 unspecified atom stereocenters. The normalized spacial score (nSPS) is 15.8. The van der Waals surface area contributed by atoms with Crippen molar-refractivity contribution < 1.29 is 9.36 Å². The lowest BCUT2D eigenvalue weighted by molar-refractivity contribution is 0.0940. The monoisotopic (exact) mass is 484 g/mol. The van der Waals surface area contributed by atoms with Crippen molar-refractivity contribution in [1.82, 2.24) is 20.6 Å². The Kier molecular flexibility index (Phi) is 6.98. The van der Waals surface area contributed by atoms with Gasteiger partial charge in [0, 0.05) is 29.1 Å². The van der Waals surface area contributed by atoms with E-state index in [0.29, 0.717) is 28.0 Å². The molecule has 1 aliphatic heterocycles. The van der Waals surface area contributed by atoms with Gasteiger partial charge in [-0.3, -0.25) is 4.79 Å². The largest absolute Gasteiger partial charge is 0.348 e. The maximum atomic E-state index is 12.6. The van der Waals surface area contributed by atoms with E-state index in [2.05, 4.69) is 31.2 Å². The summed E-state index contributed by atoms with van der Waals surface area (Å²) in [6.07, 6.45) is 2.44. The summed E-state index contributed by atoms with van der Waals surface area (Å²) in [6.45, 7) is 5.16. The molecule has 8 nitrogen and oxygen atoms in total. The molecule has 0 aliphatic carbocycles. The van der Waals surface area contributed by atoms with Gasteiger partial charge in [0.1, 0.15) is 12.2 Å². The third-order valence-electron chi connectivity index (χ3n) is 5.28. The molecule has 1 atom stereocenters. The van der Waals surface area contributed by atoms with Crippen LogP contribution in [0, 0.1) is 0 Å². The summed E-state index contributed by atoms with van der Waals surface area (Å²) in [5.41, 5.74) is 2.01. The molecule has 1 saturated heterocycles. The van der Waals surface area contributed by atoms with E-state index in [1.807, 2.05) is 24.3 Å². The van der Waals surface area contributed by atoms with E-state index in [-0.39, 0.29) is 11.9 Å². The zero-order valence-corrected chi connectivity index (χ0v) is 20.1. The van der Waals surface area contributed by atoms with Gasteiger partial charge in [0.05, 0.1) is 11.9 Å². The smallest absolute Gasteiger partial charge is 0.251 e. The first-order valence-corrected chi connectivity index (χ1v) is 13.6. The van der Waals surface area contributed by atoms with Gasteiger partial charge in [0.2, 0.25) is 5.95 Å². The fraction of sp³-hybridized carbons (Fsp3) is 0.261. The predicted molar refractivity (Wildman–Crippen MR) is 134 cm³/mol. The predicted octanol–water partition coefficient (Wildman–Crippen LogP) is 3.96. The van der Waals surface area contributed by atoms with Crippen molar-refractivity contribution >= 4 is 53.1 Å². The van der Waals surface area contributed by atoms with Crippen molar-refractivity contribution in [2.24, 2.45) is 0 Å². The van der Waals surface area contributed by atoms with Crippen LogP contribution < -0.4 is 26.6 Å². The fourth-order valence-electron chi connectivity index (χ4n) is 3.57. The van der Waals surface area contributed by atoms with E-state index in [0.717, 1.165) is 30.5 Å². The Balaban J connectivity index is 1.47. The Bertz CT molecular complexity index is 1190. The molecule has 2 aromatic carbocycles. The highest BCUT2D eigenvalue weighted by molar-refractivity contribution is 7.70. The molecule has 0 spiro atoms. The van der Waals surface area contributed by atoms with Crippen molar-refractivity contribution in [3.63, 3.8) is 0 Å². The Morgan fingerprint density at radius 2 is 1.88 bits per heavy atom. The Hall–Kier alpha value is -2.93. The second kappa shape index (κ2) is 9.91. The number of nitrogens with one attached hydrogen (secondary N) is 4. The van der Waals surface area contributed by atoms with Crippen LogP contribution in [0.25, 0.3) is 0 Å². The van der Waals surface area contributed by atoms with Crippen LogP contribution in [0.2, 0.25) is 5.02 Å². The molecule has 1 fully saturated rings. The number of carbonyl (C=O) groups excluding carboxylic acids is 1. The second-order valence-corrected chi connectivity index (χ2v) is 11.8. The number of aromatic nitrogens is 2. The summed E-state index contributed by atoms with van der Waals surface area (Å²) in [5, 5.41) is 13.6. The summed E-state index contributed by atoms with van der Waals surface area (Å²) in [4.78, 5) is 21.1. The van der Waals surface area contributed by atoms with Crippen molar-refractivity contribution in [2.45, 2.75) is 12.5 Å². The molecule has 0 bridgehead atoms. The standard InChI is InChI=1S/C23H26ClN6O2P/c1-33(2,32)20-6-4-3-5-19(20)29-21-18(24)14-26-23(30-21)28-16-9-7-15(8-10-16)22(31)27-17-11-12-25-13-17/h3-10,14,17,25H,11-13H2,1-2H3,(H,27,31)(H2,26,28,29,30)/t17-/m1/s1. The number of amides is 1. The number of carbonyl (C=O) groups is 1. The zero-order valence-electron chi connectivity index (χ0n) is 18.4. The molecule has 0 saturated carbocycles. The van der Waals surface area contributed by atoms with E-state index >= 15 is 0 Å². The topological polar surface area (TPSA) is 108 Å². The Morgan fingerprint density at radius 1 is 1.12 bits per heavy atom. The lowest BCUT2D eigenvalue weighted by Crippen LogP contribution is -2.36. The molecule has 1 amide bonds. The second-order valence-electron chi connectivity index (χ2n) is 8.25. The first-order valence-electron chi connectivity index (χ1n) is 10.6. The van der Waals surface area contributed by atoms with Gasteiger partial charge in [-0.15, -0.1) is 0 Å². The third kappa shape index (κ3) is 5.90. The summed E-state index contributed by atoms with van der Waals surface area (Å²) < 4.78 is 12.6. The SMILES string of the molecule is CP(C)(=O)c1ccccc1Nc1nc(Nc2ccc(C(=O)N[C@@H]3CCNC3)cc2)ncc1Cl. The summed E-state index contributed by atoms with van der Waals surface area (Å²) >= 11 is 6.31. The number of hydrogen-bond donors (Lipinski definition) is 4. The average Bonchev–Trinajstić information content (AvgIpc) is 3.29. The van der Waals surface area contributed by atoms with Crippen LogP contribution in [0.4, 0.5) is 23.1 Å². The molecule has 1 aliphatic rings. The first-order chi connectivity index (χ1) is 15.8. The molecule has 4 rings (SSSR count). The van der Waals surface area contributed by atoms with Crippen LogP contribution in [-0.2, 0) is 4.57 Å². The van der Waals surface area contributed by atoms with Crippen molar-refractivity contribution in [3.8, 4) is 0 Å². The van der Waals surface area contributed by atoms with Gasteiger partial charge in [-0.1, -0.05) is 23.7 Å². The highest BCUT2D eigenvalue weighted by Gasteiger charge is 2.18. The van der Waals surface area contributed by atoms with Crippen molar-refractivity contribution in [1.29, 1.82) is 0 Å². The molecular formula is C23H26ClN6O2P. The van der Waals surface area contributed by atoms with Gasteiger partial charge >= 0.3 is 0 Å². The highest BCUT2D eigenvalue weighted by Crippen LogP contribution is 2.38. The van der Waals surface area contributed by atoms with Gasteiger partial charge in [-0.2, -0.15) is 4.98 Å². The van der Waals surface area contributed by atoms with Crippen LogP contribution in [0.15, 0.2) is 54.7 Å². The van der Waals surface area contributed by atoms with E-state index in [1.54, 1.807) is 37.6 Å². The molecule has 0 radical (unpaired) electrons. The van der Waals surface area contributed by atoms with Gasteiger partial charge in [0.15, 0.2) is 5.82 Å². The van der Waals surface area contributed by atoms with Crippen LogP contribution >= 0.6 is 18.7 Å². The van der Waals surface area contributed by atoms with Crippen LogP contribution in [-0.4, -0.2) is 48.3 Å². The molecule has 172 valence electrons. The van der Waals surface area contributed by atoms with Crippen LogP contribution in [0.5, 0.6) is 0 Å². The fourth-order valence-corrected chi connectivity index (χ4v) is 4.87. The third-order valence-corrected chi connectivity index (χ3v) is 7.11. The van der Waals surface area contributed by atoms with Crippen molar-refractivity contribution in [3.05, 3.63) is 65.3 Å². The molecule has 1 aromatic heterocycles. The van der Waals surface area contributed by atoms with E-state index in [9.17, 15) is 9.36 Å². The molecule has 3 aromatic rings. The highest BCUT2D eigenvalue weighted by atomic mass is 35.5. The van der Waals surface area contributed by atoms with Gasteiger partial charge < -0.3 is 25.8 Å². The summed E-state index contributed by atoms with van der Waals surface area (Å²) in [7, 11) is -2.50. The van der Waals surface area contributed by atoms with E-state index in [1.165, 1.54) is 6.20 Å². The van der Waals surface area contributed by atoms with Crippen LogP contribution in [0.3, 0.4) is 0 Å². The van der Waals surface area contributed by atoms with E-state index < -0.39 is 7.14 Å². The molecule has 10 heteroatoms. The summed E-state index contributed by atoms with van der Waals surface area (Å²) in [5.74, 6) is 0.647. The quantitative estimate of drug-likeness (QED) is 0.376. The minimum atomic E-state index is -2.50. The Morgan fingerprint density at radius 3 is 2.58 bits per heavy atom. The van der Waals surface area contributed by atoms with Gasteiger partial charge in [0.25, 0.3) is 5.91 Å². The molecular weight excluding hydrogens is 459 g/mol. The molecule has 33 heavy (non-hydrogen) atoms. The lowest BCUT2D eigenvalue weighted by Gasteiger charge is -2.16. The number of hydrogen-bond acceptors (Lipinski definition) is 7. The number of halogens is 1. The maximum Gasteiger partial charge on any atom is 0.251 e. The zero-order chi connectivity index (χ0) is 23.4. The van der Waals surface area contributed by atoms with Crippen LogP contribution in [0.1, 0.15) is 16.8 Å². The maximum absolute atomic E-state index is 12.6.